The van der Waals surface area contributed by atoms with E-state index in [1.807, 2.05) is 36.4 Å². The van der Waals surface area contributed by atoms with E-state index in [4.69, 9.17) is 5.26 Å². The van der Waals surface area contributed by atoms with Gasteiger partial charge in [0.25, 0.3) is 0 Å². The van der Waals surface area contributed by atoms with Gasteiger partial charge in [-0.25, -0.2) is 0 Å². The number of amides is 1. The Balaban J connectivity index is 1.65. The summed E-state index contributed by atoms with van der Waals surface area (Å²) in [6, 6.07) is 15.5. The number of H-pyrrole nitrogens is 1. The van der Waals surface area contributed by atoms with Crippen molar-refractivity contribution in [3.63, 3.8) is 0 Å². The van der Waals surface area contributed by atoms with Crippen molar-refractivity contribution in [1.82, 2.24) is 10.2 Å². The molecule has 1 fully saturated rings. The summed E-state index contributed by atoms with van der Waals surface area (Å²) in [5.74, 6) is 0.768. The van der Waals surface area contributed by atoms with Gasteiger partial charge in [-0.3, -0.25) is 9.89 Å². The fourth-order valence-electron chi connectivity index (χ4n) is 2.95. The molecule has 3 aromatic rings. The number of hydrogen-bond donors (Lipinski definition) is 2. The average molecular weight is 316 g/mol. The third-order valence-electron chi connectivity index (χ3n) is 4.61. The van der Waals surface area contributed by atoms with Crippen molar-refractivity contribution in [2.75, 3.05) is 5.32 Å². The zero-order chi connectivity index (χ0) is 16.5. The first-order chi connectivity index (χ1) is 11.7. The summed E-state index contributed by atoms with van der Waals surface area (Å²) < 4.78 is 0. The first-order valence-corrected chi connectivity index (χ1v) is 8.04. The summed E-state index contributed by atoms with van der Waals surface area (Å²) in [6.45, 7) is 0. The lowest BCUT2D eigenvalue weighted by molar-refractivity contribution is -0.122. The molecule has 0 aliphatic heterocycles. The van der Waals surface area contributed by atoms with Gasteiger partial charge in [0, 0.05) is 11.3 Å². The molecular formula is C19H16N4O. The fraction of sp³-hybridized carbons (Fsp3) is 0.211. The first kappa shape index (κ1) is 14.5. The molecular weight excluding hydrogens is 300 g/mol. The quantitative estimate of drug-likeness (QED) is 0.770. The highest BCUT2D eigenvalue weighted by molar-refractivity contribution is 6.01. The summed E-state index contributed by atoms with van der Waals surface area (Å²) in [6.07, 6.45) is 3.06. The Kier molecular flexibility index (Phi) is 3.51. The number of hydrogen-bond acceptors (Lipinski definition) is 3. The Morgan fingerprint density at radius 1 is 1.21 bits per heavy atom. The maximum absolute atomic E-state index is 12.1. The largest absolute Gasteiger partial charge is 0.308 e. The third-order valence-corrected chi connectivity index (χ3v) is 4.61. The molecule has 0 saturated heterocycles. The molecule has 0 spiro atoms. The van der Waals surface area contributed by atoms with E-state index in [1.54, 1.807) is 6.07 Å². The highest BCUT2D eigenvalue weighted by Gasteiger charge is 2.26. The smallest absolute Gasteiger partial charge is 0.228 e. The minimum absolute atomic E-state index is 0.0560. The standard InChI is InChI=1S/C19H16N4O/c20-11-12-3-1-6-14(9-12)15-7-8-16-17(10-15)22-23-18(16)21-19(24)13-4-2-5-13/h1,3,6-10,13H,2,4-5H2,(H2,21,22,23,24). The molecule has 5 nitrogen and oxygen atoms in total. The summed E-state index contributed by atoms with van der Waals surface area (Å²) in [7, 11) is 0. The molecule has 1 saturated carbocycles. The van der Waals surface area contributed by atoms with Crippen LogP contribution >= 0.6 is 0 Å². The maximum Gasteiger partial charge on any atom is 0.228 e. The minimum atomic E-state index is 0.0560. The molecule has 0 radical (unpaired) electrons. The van der Waals surface area contributed by atoms with Crippen molar-refractivity contribution >= 4 is 22.6 Å². The number of benzene rings is 2. The van der Waals surface area contributed by atoms with Crippen molar-refractivity contribution in [3.8, 4) is 17.2 Å². The number of carbonyl (C=O) groups is 1. The third kappa shape index (κ3) is 2.52. The van der Waals surface area contributed by atoms with Crippen LogP contribution in [0, 0.1) is 17.2 Å². The number of carbonyl (C=O) groups excluding carboxylic acids is 1. The highest BCUT2D eigenvalue weighted by atomic mass is 16.2. The molecule has 0 unspecified atom stereocenters. The molecule has 0 atom stereocenters. The Bertz CT molecular complexity index is 963. The van der Waals surface area contributed by atoms with Gasteiger partial charge in [-0.15, -0.1) is 0 Å². The predicted molar refractivity (Wildman–Crippen MR) is 92.2 cm³/mol. The van der Waals surface area contributed by atoms with Gasteiger partial charge in [0.05, 0.1) is 17.1 Å². The second-order valence-corrected chi connectivity index (χ2v) is 6.14. The molecule has 4 rings (SSSR count). The number of anilines is 1. The van der Waals surface area contributed by atoms with Gasteiger partial charge in [0.1, 0.15) is 0 Å². The van der Waals surface area contributed by atoms with Gasteiger partial charge in [-0.05, 0) is 48.2 Å². The Morgan fingerprint density at radius 2 is 2.04 bits per heavy atom. The predicted octanol–water partition coefficient (Wildman–Crippen LogP) is 3.84. The fourth-order valence-corrected chi connectivity index (χ4v) is 2.95. The lowest BCUT2D eigenvalue weighted by atomic mass is 9.85. The SMILES string of the molecule is N#Cc1cccc(-c2ccc3c(NC(=O)C4CCC4)n[nH]c3c2)c1. The van der Waals surface area contributed by atoms with Crippen molar-refractivity contribution in [3.05, 3.63) is 48.0 Å². The van der Waals surface area contributed by atoms with E-state index in [0.29, 0.717) is 11.4 Å². The van der Waals surface area contributed by atoms with E-state index in [2.05, 4.69) is 21.6 Å². The van der Waals surface area contributed by atoms with Crippen molar-refractivity contribution in [1.29, 1.82) is 5.26 Å². The molecule has 118 valence electrons. The van der Waals surface area contributed by atoms with E-state index >= 15 is 0 Å². The van der Waals surface area contributed by atoms with E-state index < -0.39 is 0 Å². The number of rotatable bonds is 3. The number of nitrogens with zero attached hydrogens (tertiary/aromatic N) is 2. The molecule has 1 aliphatic carbocycles. The second-order valence-electron chi connectivity index (χ2n) is 6.14. The van der Waals surface area contributed by atoms with Gasteiger partial charge in [-0.1, -0.05) is 24.6 Å². The van der Waals surface area contributed by atoms with E-state index in [-0.39, 0.29) is 11.8 Å². The highest BCUT2D eigenvalue weighted by Crippen LogP contribution is 2.30. The molecule has 0 bridgehead atoms. The van der Waals surface area contributed by atoms with Crippen LogP contribution in [-0.2, 0) is 4.79 Å². The number of aromatic nitrogens is 2. The molecule has 1 aliphatic rings. The summed E-state index contributed by atoms with van der Waals surface area (Å²) in [5, 5.41) is 20.1. The zero-order valence-corrected chi connectivity index (χ0v) is 13.0. The lowest BCUT2D eigenvalue weighted by Gasteiger charge is -2.23. The molecule has 1 aromatic heterocycles. The Labute approximate surface area is 139 Å². The van der Waals surface area contributed by atoms with Gasteiger partial charge in [0.2, 0.25) is 5.91 Å². The van der Waals surface area contributed by atoms with E-state index in [1.165, 1.54) is 0 Å². The van der Waals surface area contributed by atoms with Crippen LogP contribution in [0.1, 0.15) is 24.8 Å². The monoisotopic (exact) mass is 316 g/mol. The topological polar surface area (TPSA) is 81.6 Å². The maximum atomic E-state index is 12.1. The molecule has 5 heteroatoms. The molecule has 24 heavy (non-hydrogen) atoms. The normalized spacial score (nSPS) is 14.1. The van der Waals surface area contributed by atoms with Crippen LogP contribution < -0.4 is 5.32 Å². The van der Waals surface area contributed by atoms with Gasteiger partial charge in [-0.2, -0.15) is 10.4 Å². The van der Waals surface area contributed by atoms with Crippen LogP contribution in [-0.4, -0.2) is 16.1 Å². The summed E-state index contributed by atoms with van der Waals surface area (Å²) in [4.78, 5) is 12.1. The van der Waals surface area contributed by atoms with Crippen molar-refractivity contribution in [2.45, 2.75) is 19.3 Å². The van der Waals surface area contributed by atoms with Crippen LogP contribution in [0.3, 0.4) is 0 Å². The molecule has 2 N–H and O–H groups in total. The molecule has 2 aromatic carbocycles. The number of nitrogens with one attached hydrogen (secondary N) is 2. The van der Waals surface area contributed by atoms with Crippen LogP contribution in [0.2, 0.25) is 0 Å². The van der Waals surface area contributed by atoms with Gasteiger partial charge in [0.15, 0.2) is 5.82 Å². The average Bonchev–Trinajstić information content (AvgIpc) is 2.95. The Hall–Kier alpha value is -3.13. The molecule has 1 heterocycles. The van der Waals surface area contributed by atoms with Crippen LogP contribution in [0.15, 0.2) is 42.5 Å². The van der Waals surface area contributed by atoms with Crippen LogP contribution in [0.25, 0.3) is 22.0 Å². The molecule has 1 amide bonds. The number of nitriles is 1. The van der Waals surface area contributed by atoms with Crippen molar-refractivity contribution in [2.24, 2.45) is 5.92 Å². The Morgan fingerprint density at radius 3 is 2.79 bits per heavy atom. The van der Waals surface area contributed by atoms with E-state index in [9.17, 15) is 4.79 Å². The zero-order valence-electron chi connectivity index (χ0n) is 13.0. The summed E-state index contributed by atoms with van der Waals surface area (Å²) >= 11 is 0. The van der Waals surface area contributed by atoms with Gasteiger partial charge >= 0.3 is 0 Å². The lowest BCUT2D eigenvalue weighted by Crippen LogP contribution is -2.28. The minimum Gasteiger partial charge on any atom is -0.308 e. The number of fused-ring (bicyclic) bond motifs is 1. The van der Waals surface area contributed by atoms with Gasteiger partial charge < -0.3 is 5.32 Å². The second kappa shape index (κ2) is 5.82. The van der Waals surface area contributed by atoms with Crippen LogP contribution in [0.4, 0.5) is 5.82 Å². The number of aromatic amines is 1. The van der Waals surface area contributed by atoms with E-state index in [0.717, 1.165) is 41.3 Å². The first-order valence-electron chi connectivity index (χ1n) is 8.04. The summed E-state index contributed by atoms with van der Waals surface area (Å²) in [5.41, 5.74) is 3.47. The van der Waals surface area contributed by atoms with Crippen LogP contribution in [0.5, 0.6) is 0 Å². The van der Waals surface area contributed by atoms with Crippen molar-refractivity contribution < 1.29 is 4.79 Å².